The van der Waals surface area contributed by atoms with Crippen LogP contribution in [-0.4, -0.2) is 24.1 Å². The Morgan fingerprint density at radius 1 is 1.03 bits per heavy atom. The number of imidazole rings is 1. The van der Waals surface area contributed by atoms with Crippen LogP contribution in [0.5, 0.6) is 11.5 Å². The fraction of sp³-hybridized carbons (Fsp3) is 0.136. The van der Waals surface area contributed by atoms with Crippen LogP contribution < -0.4 is 10.5 Å². The van der Waals surface area contributed by atoms with Crippen molar-refractivity contribution in [3.63, 3.8) is 0 Å². The molecule has 2 aromatic carbocycles. The van der Waals surface area contributed by atoms with Crippen LogP contribution in [0.4, 0.5) is 5.69 Å². The molecule has 2 N–H and O–H groups in total. The number of fused-ring (bicyclic) bond motifs is 1. The summed E-state index contributed by atoms with van der Waals surface area (Å²) in [6.07, 6.45) is 3.88. The van der Waals surface area contributed by atoms with E-state index in [2.05, 4.69) is 11.9 Å². The highest BCUT2D eigenvalue weighted by Gasteiger charge is 2.15. The smallest absolute Gasteiger partial charge is 0.175 e. The lowest BCUT2D eigenvalue weighted by molar-refractivity contribution is 0.481. The van der Waals surface area contributed by atoms with Crippen molar-refractivity contribution in [2.45, 2.75) is 18.2 Å². The minimum absolute atomic E-state index is 0.219. The van der Waals surface area contributed by atoms with Crippen molar-refractivity contribution < 1.29 is 13.2 Å². The van der Waals surface area contributed by atoms with Gasteiger partial charge < -0.3 is 10.5 Å². The van der Waals surface area contributed by atoms with E-state index in [1.165, 1.54) is 12.3 Å². The maximum absolute atomic E-state index is 11.8. The van der Waals surface area contributed by atoms with Gasteiger partial charge in [-0.2, -0.15) is 0 Å². The van der Waals surface area contributed by atoms with Gasteiger partial charge in [0.1, 0.15) is 11.5 Å². The molecule has 0 spiro atoms. The Labute approximate surface area is 169 Å². The van der Waals surface area contributed by atoms with Crippen LogP contribution in [0.15, 0.2) is 71.8 Å². The molecule has 0 aliphatic heterocycles. The van der Waals surface area contributed by atoms with E-state index in [0.29, 0.717) is 17.2 Å². The van der Waals surface area contributed by atoms with Gasteiger partial charge in [0, 0.05) is 18.0 Å². The van der Waals surface area contributed by atoms with E-state index >= 15 is 0 Å². The molecule has 0 saturated carbocycles. The summed E-state index contributed by atoms with van der Waals surface area (Å²) in [6, 6.07) is 17.8. The monoisotopic (exact) mass is 407 g/mol. The Hall–Kier alpha value is -3.32. The molecule has 2 heterocycles. The predicted octanol–water partition coefficient (Wildman–Crippen LogP) is 4.34. The average Bonchev–Trinajstić information content (AvgIpc) is 3.08. The van der Waals surface area contributed by atoms with Crippen molar-refractivity contribution in [3.05, 3.63) is 72.6 Å². The number of nitrogen functional groups attached to an aromatic ring is 1. The molecule has 6 nitrogen and oxygen atoms in total. The molecule has 0 saturated heterocycles. The molecule has 0 aliphatic rings. The molecule has 148 valence electrons. The molecular formula is C22H21N3O3S. The maximum Gasteiger partial charge on any atom is 0.175 e. The van der Waals surface area contributed by atoms with Crippen LogP contribution in [0.2, 0.25) is 0 Å². The van der Waals surface area contributed by atoms with Crippen molar-refractivity contribution in [3.8, 4) is 22.8 Å². The fourth-order valence-electron chi connectivity index (χ4n) is 3.30. The second-order valence-electron chi connectivity index (χ2n) is 6.79. The number of benzene rings is 2. The number of nitrogens with two attached hydrogens (primary N) is 1. The Morgan fingerprint density at radius 2 is 1.76 bits per heavy atom. The van der Waals surface area contributed by atoms with Gasteiger partial charge in [-0.05, 0) is 48.9 Å². The lowest BCUT2D eigenvalue weighted by atomic mass is 10.1. The number of aryl methyl sites for hydroxylation is 1. The van der Waals surface area contributed by atoms with Gasteiger partial charge in [-0.1, -0.05) is 25.1 Å². The Bertz CT molecular complexity index is 1310. The number of sulfone groups is 1. The van der Waals surface area contributed by atoms with Gasteiger partial charge in [-0.15, -0.1) is 0 Å². The largest absolute Gasteiger partial charge is 0.457 e. The predicted molar refractivity (Wildman–Crippen MR) is 114 cm³/mol. The van der Waals surface area contributed by atoms with Gasteiger partial charge in [0.05, 0.1) is 22.0 Å². The van der Waals surface area contributed by atoms with E-state index in [1.807, 2.05) is 47.0 Å². The van der Waals surface area contributed by atoms with Crippen molar-refractivity contribution in [1.82, 2.24) is 9.38 Å². The molecule has 7 heteroatoms. The van der Waals surface area contributed by atoms with E-state index in [1.54, 1.807) is 18.2 Å². The Balaban J connectivity index is 1.76. The number of anilines is 1. The lowest BCUT2D eigenvalue weighted by Crippen LogP contribution is -1.97. The molecule has 2 aromatic heterocycles. The molecule has 0 amide bonds. The summed E-state index contributed by atoms with van der Waals surface area (Å²) < 4.78 is 31.5. The first-order chi connectivity index (χ1) is 13.9. The standard InChI is InChI=1S/C22H21N3O3S/c1-3-20-21(25-12-6-11-19(23)22(25)24-20)15-7-4-8-16(13-15)28-17-9-5-10-18(14-17)29(2,26)27/h4-14H,3,23H2,1-2H3. The van der Waals surface area contributed by atoms with Crippen molar-refractivity contribution in [2.75, 3.05) is 12.0 Å². The molecule has 29 heavy (non-hydrogen) atoms. The molecule has 0 radical (unpaired) electrons. The first-order valence-electron chi connectivity index (χ1n) is 9.20. The van der Waals surface area contributed by atoms with Crippen molar-refractivity contribution >= 4 is 21.2 Å². The van der Waals surface area contributed by atoms with Crippen LogP contribution in [0.25, 0.3) is 16.9 Å². The molecule has 0 unspecified atom stereocenters. The van der Waals surface area contributed by atoms with E-state index in [0.717, 1.165) is 29.0 Å². The molecule has 0 aliphatic carbocycles. The third kappa shape index (κ3) is 3.69. The number of ether oxygens (including phenoxy) is 1. The zero-order chi connectivity index (χ0) is 20.6. The van der Waals surface area contributed by atoms with Crippen LogP contribution in [-0.2, 0) is 16.3 Å². The number of hydrogen-bond acceptors (Lipinski definition) is 5. The Kier molecular flexibility index (Phi) is 4.76. The van der Waals surface area contributed by atoms with E-state index in [9.17, 15) is 8.42 Å². The highest BCUT2D eigenvalue weighted by atomic mass is 32.2. The molecule has 0 fully saturated rings. The van der Waals surface area contributed by atoms with Crippen LogP contribution >= 0.6 is 0 Å². The summed E-state index contributed by atoms with van der Waals surface area (Å²) in [5, 5.41) is 0. The summed E-state index contributed by atoms with van der Waals surface area (Å²) in [6.45, 7) is 2.05. The summed E-state index contributed by atoms with van der Waals surface area (Å²) in [5.74, 6) is 1.07. The third-order valence-corrected chi connectivity index (χ3v) is 5.77. The zero-order valence-electron chi connectivity index (χ0n) is 16.2. The second kappa shape index (κ2) is 7.25. The van der Waals surface area contributed by atoms with Gasteiger partial charge >= 0.3 is 0 Å². The van der Waals surface area contributed by atoms with Gasteiger partial charge in [0.15, 0.2) is 15.5 Å². The third-order valence-electron chi connectivity index (χ3n) is 4.66. The summed E-state index contributed by atoms with van der Waals surface area (Å²) in [7, 11) is -3.30. The van der Waals surface area contributed by atoms with Gasteiger partial charge in [0.2, 0.25) is 0 Å². The first-order valence-corrected chi connectivity index (χ1v) is 11.1. The topological polar surface area (TPSA) is 86.7 Å². The normalized spacial score (nSPS) is 11.7. The van der Waals surface area contributed by atoms with Gasteiger partial charge in [0.25, 0.3) is 0 Å². The zero-order valence-corrected chi connectivity index (χ0v) is 17.0. The summed E-state index contributed by atoms with van der Waals surface area (Å²) >= 11 is 0. The number of nitrogens with zero attached hydrogens (tertiary/aromatic N) is 2. The van der Waals surface area contributed by atoms with Gasteiger partial charge in [-0.3, -0.25) is 4.40 Å². The molecule has 0 atom stereocenters. The van der Waals surface area contributed by atoms with Crippen molar-refractivity contribution in [1.29, 1.82) is 0 Å². The summed E-state index contributed by atoms with van der Waals surface area (Å²) in [4.78, 5) is 4.91. The minimum atomic E-state index is -3.30. The van der Waals surface area contributed by atoms with Gasteiger partial charge in [-0.25, -0.2) is 13.4 Å². The first kappa shape index (κ1) is 19.0. The number of hydrogen-bond donors (Lipinski definition) is 1. The quantitative estimate of drug-likeness (QED) is 0.532. The average molecular weight is 407 g/mol. The molecule has 0 bridgehead atoms. The number of pyridine rings is 1. The highest BCUT2D eigenvalue weighted by Crippen LogP contribution is 2.32. The highest BCUT2D eigenvalue weighted by molar-refractivity contribution is 7.90. The lowest BCUT2D eigenvalue weighted by Gasteiger charge is -2.10. The van der Waals surface area contributed by atoms with Crippen LogP contribution in [0, 0.1) is 0 Å². The van der Waals surface area contributed by atoms with E-state index in [-0.39, 0.29) is 4.90 Å². The second-order valence-corrected chi connectivity index (χ2v) is 8.81. The van der Waals surface area contributed by atoms with Crippen molar-refractivity contribution in [2.24, 2.45) is 0 Å². The number of rotatable bonds is 5. The van der Waals surface area contributed by atoms with E-state index < -0.39 is 9.84 Å². The molecule has 4 rings (SSSR count). The SMILES string of the molecule is CCc1nc2c(N)cccn2c1-c1cccc(Oc2cccc(S(C)(=O)=O)c2)c1. The van der Waals surface area contributed by atoms with Crippen LogP contribution in [0.3, 0.4) is 0 Å². The Morgan fingerprint density at radius 3 is 2.48 bits per heavy atom. The summed E-state index contributed by atoms with van der Waals surface area (Å²) in [5.41, 5.74) is 10.3. The molecule has 4 aromatic rings. The number of aromatic nitrogens is 2. The maximum atomic E-state index is 11.8. The fourth-order valence-corrected chi connectivity index (χ4v) is 3.96. The molecular weight excluding hydrogens is 386 g/mol. The van der Waals surface area contributed by atoms with Crippen LogP contribution in [0.1, 0.15) is 12.6 Å². The van der Waals surface area contributed by atoms with E-state index in [4.69, 9.17) is 10.5 Å². The minimum Gasteiger partial charge on any atom is -0.457 e.